The molecule has 0 aliphatic heterocycles. The van der Waals surface area contributed by atoms with Gasteiger partial charge < -0.3 is 14.7 Å². The normalized spacial score (nSPS) is 11.0. The van der Waals surface area contributed by atoms with Crippen molar-refractivity contribution in [3.05, 3.63) is 64.5 Å². The second-order valence-corrected chi connectivity index (χ2v) is 4.63. The van der Waals surface area contributed by atoms with Gasteiger partial charge in [-0.05, 0) is 24.6 Å². The van der Waals surface area contributed by atoms with Crippen molar-refractivity contribution in [1.29, 1.82) is 0 Å². The van der Waals surface area contributed by atoms with Crippen LogP contribution in [-0.4, -0.2) is 14.0 Å². The fraction of sp³-hybridized carbons (Fsp3) is 0.143. The van der Waals surface area contributed by atoms with Crippen LogP contribution in [0.5, 0.6) is 0 Å². The Bertz CT molecular complexity index is 801. The summed E-state index contributed by atoms with van der Waals surface area (Å²) in [6.07, 6.45) is 5.57. The maximum Gasteiger partial charge on any atom is 0.251 e. The first-order chi connectivity index (χ1) is 9.11. The second kappa shape index (κ2) is 4.28. The molecule has 3 heterocycles. The van der Waals surface area contributed by atoms with E-state index >= 15 is 0 Å². The third-order valence-corrected chi connectivity index (χ3v) is 2.99. The van der Waals surface area contributed by atoms with E-state index in [1.54, 1.807) is 16.8 Å². The van der Waals surface area contributed by atoms with Gasteiger partial charge in [-0.25, -0.2) is 4.98 Å². The molecular weight excluding hydrogens is 240 g/mol. The summed E-state index contributed by atoms with van der Waals surface area (Å²) in [6.45, 7) is 2.45. The lowest BCUT2D eigenvalue weighted by molar-refractivity contribution is 0.746. The van der Waals surface area contributed by atoms with Crippen LogP contribution in [0.3, 0.4) is 0 Å². The first-order valence-electron chi connectivity index (χ1n) is 6.02. The van der Waals surface area contributed by atoms with E-state index in [-0.39, 0.29) is 5.56 Å². The van der Waals surface area contributed by atoms with E-state index in [1.165, 1.54) is 6.07 Å². The predicted molar refractivity (Wildman–Crippen MR) is 74.1 cm³/mol. The Morgan fingerprint density at radius 1 is 1.16 bits per heavy atom. The minimum absolute atomic E-state index is 0.0811. The fourth-order valence-electron chi connectivity index (χ4n) is 2.08. The zero-order valence-corrected chi connectivity index (χ0v) is 10.6. The number of nitrogens with two attached hydrogens (primary N) is 1. The van der Waals surface area contributed by atoms with Crippen molar-refractivity contribution in [2.75, 3.05) is 5.73 Å². The number of pyridine rings is 2. The number of hydrogen-bond acceptors (Lipinski definition) is 3. The average molecular weight is 254 g/mol. The van der Waals surface area contributed by atoms with Gasteiger partial charge >= 0.3 is 0 Å². The fourth-order valence-corrected chi connectivity index (χ4v) is 2.08. The predicted octanol–water partition coefficient (Wildman–Crippen LogP) is 1.43. The van der Waals surface area contributed by atoms with E-state index in [1.807, 2.05) is 35.9 Å². The van der Waals surface area contributed by atoms with E-state index in [0.29, 0.717) is 12.2 Å². The maximum absolute atomic E-state index is 11.7. The van der Waals surface area contributed by atoms with E-state index in [4.69, 9.17) is 5.73 Å². The van der Waals surface area contributed by atoms with Crippen LogP contribution in [0.25, 0.3) is 5.65 Å². The Kier molecular flexibility index (Phi) is 2.59. The molecule has 5 nitrogen and oxygen atoms in total. The quantitative estimate of drug-likeness (QED) is 0.752. The minimum atomic E-state index is -0.0811. The lowest BCUT2D eigenvalue weighted by atomic mass is 10.3. The van der Waals surface area contributed by atoms with Gasteiger partial charge in [-0.1, -0.05) is 6.07 Å². The molecule has 0 atom stereocenters. The Morgan fingerprint density at radius 3 is 2.84 bits per heavy atom. The molecule has 5 heteroatoms. The molecule has 0 unspecified atom stereocenters. The van der Waals surface area contributed by atoms with Gasteiger partial charge in [0, 0.05) is 30.3 Å². The molecule has 3 aromatic heterocycles. The van der Waals surface area contributed by atoms with E-state index in [2.05, 4.69) is 4.98 Å². The molecule has 3 aromatic rings. The summed E-state index contributed by atoms with van der Waals surface area (Å²) in [6, 6.07) is 7.04. The summed E-state index contributed by atoms with van der Waals surface area (Å²) < 4.78 is 3.52. The molecule has 0 saturated heterocycles. The second-order valence-electron chi connectivity index (χ2n) is 4.63. The molecule has 0 saturated carbocycles. The highest BCUT2D eigenvalue weighted by Crippen LogP contribution is 2.08. The largest absolute Gasteiger partial charge is 0.398 e. The molecule has 0 aliphatic carbocycles. The van der Waals surface area contributed by atoms with Gasteiger partial charge in [-0.3, -0.25) is 4.79 Å². The average Bonchev–Trinajstić information content (AvgIpc) is 2.75. The van der Waals surface area contributed by atoms with Crippen LogP contribution in [0, 0.1) is 6.92 Å². The highest BCUT2D eigenvalue weighted by molar-refractivity contribution is 5.41. The van der Waals surface area contributed by atoms with Crippen molar-refractivity contribution < 1.29 is 0 Å². The molecule has 3 rings (SSSR count). The Hall–Kier alpha value is -2.56. The molecule has 19 heavy (non-hydrogen) atoms. The van der Waals surface area contributed by atoms with Gasteiger partial charge in [0.1, 0.15) is 5.65 Å². The van der Waals surface area contributed by atoms with E-state index in [0.717, 1.165) is 16.9 Å². The number of rotatable bonds is 2. The van der Waals surface area contributed by atoms with Crippen LogP contribution in [0.4, 0.5) is 5.69 Å². The molecule has 96 valence electrons. The number of aromatic nitrogens is 3. The molecule has 0 fully saturated rings. The zero-order valence-electron chi connectivity index (χ0n) is 10.6. The lowest BCUT2D eigenvalue weighted by Gasteiger charge is -2.03. The topological polar surface area (TPSA) is 65.3 Å². The van der Waals surface area contributed by atoms with Gasteiger partial charge in [-0.2, -0.15) is 0 Å². The van der Waals surface area contributed by atoms with E-state index < -0.39 is 0 Å². The Balaban J connectivity index is 2.01. The SMILES string of the molecule is Cc1ccc2nc(Cn3cc(N)ccc3=O)cn2c1. The molecular formula is C14H14N4O. The monoisotopic (exact) mass is 254 g/mol. The summed E-state index contributed by atoms with van der Waals surface area (Å²) in [5.74, 6) is 0. The third kappa shape index (κ3) is 2.22. The number of nitrogens with zero attached hydrogens (tertiary/aromatic N) is 3. The molecule has 0 radical (unpaired) electrons. The standard InChI is InChI=1S/C14H14N4O/c1-10-2-4-13-16-12(8-17(13)6-10)9-18-7-11(15)3-5-14(18)19/h2-8H,9,15H2,1H3. The van der Waals surface area contributed by atoms with Gasteiger partial charge in [-0.15, -0.1) is 0 Å². The van der Waals surface area contributed by atoms with Crippen LogP contribution in [0.15, 0.2) is 47.7 Å². The maximum atomic E-state index is 11.7. The van der Waals surface area contributed by atoms with Gasteiger partial charge in [0.2, 0.25) is 0 Å². The first-order valence-corrected chi connectivity index (χ1v) is 6.02. The number of nitrogen functional groups attached to an aromatic ring is 1. The zero-order chi connectivity index (χ0) is 13.4. The third-order valence-electron chi connectivity index (χ3n) is 2.99. The summed E-state index contributed by atoms with van der Waals surface area (Å²) >= 11 is 0. The van der Waals surface area contributed by atoms with Gasteiger partial charge in [0.05, 0.1) is 12.2 Å². The number of imidazole rings is 1. The first kappa shape index (κ1) is 11.5. The highest BCUT2D eigenvalue weighted by Gasteiger charge is 2.04. The van der Waals surface area contributed by atoms with Crippen molar-refractivity contribution in [2.45, 2.75) is 13.5 Å². The molecule has 0 aliphatic rings. The van der Waals surface area contributed by atoms with Crippen molar-refractivity contribution in [3.63, 3.8) is 0 Å². The van der Waals surface area contributed by atoms with Crippen LogP contribution in [-0.2, 0) is 6.54 Å². The van der Waals surface area contributed by atoms with Crippen LogP contribution in [0.2, 0.25) is 0 Å². The van der Waals surface area contributed by atoms with Crippen molar-refractivity contribution in [1.82, 2.24) is 14.0 Å². The van der Waals surface area contributed by atoms with Crippen LogP contribution in [0.1, 0.15) is 11.3 Å². The molecule has 0 bridgehead atoms. The van der Waals surface area contributed by atoms with Crippen molar-refractivity contribution >= 4 is 11.3 Å². The summed E-state index contributed by atoms with van der Waals surface area (Å²) in [7, 11) is 0. The number of hydrogen-bond donors (Lipinski definition) is 1. The van der Waals surface area contributed by atoms with Gasteiger partial charge in [0.25, 0.3) is 5.56 Å². The molecule has 2 N–H and O–H groups in total. The minimum Gasteiger partial charge on any atom is -0.398 e. The number of aryl methyl sites for hydroxylation is 1. The lowest BCUT2D eigenvalue weighted by Crippen LogP contribution is -2.19. The number of anilines is 1. The van der Waals surface area contributed by atoms with Crippen LogP contribution < -0.4 is 11.3 Å². The molecule has 0 spiro atoms. The molecule has 0 aromatic carbocycles. The molecule has 0 amide bonds. The Labute approximate surface area is 109 Å². The Morgan fingerprint density at radius 2 is 2.00 bits per heavy atom. The number of fused-ring (bicyclic) bond motifs is 1. The van der Waals surface area contributed by atoms with Crippen molar-refractivity contribution in [2.24, 2.45) is 0 Å². The summed E-state index contributed by atoms with van der Waals surface area (Å²) in [4.78, 5) is 16.2. The van der Waals surface area contributed by atoms with E-state index in [9.17, 15) is 4.79 Å². The summed E-state index contributed by atoms with van der Waals surface area (Å²) in [5, 5.41) is 0. The smallest absolute Gasteiger partial charge is 0.251 e. The highest BCUT2D eigenvalue weighted by atomic mass is 16.1. The van der Waals surface area contributed by atoms with Crippen LogP contribution >= 0.6 is 0 Å². The van der Waals surface area contributed by atoms with Gasteiger partial charge in [0.15, 0.2) is 0 Å². The van der Waals surface area contributed by atoms with Crippen molar-refractivity contribution in [3.8, 4) is 0 Å². The summed E-state index contributed by atoms with van der Waals surface area (Å²) in [5.41, 5.74) is 9.05.